The number of anilines is 1. The Morgan fingerprint density at radius 1 is 1.02 bits per heavy atom. The molecule has 10 heteroatoms. The van der Waals surface area contributed by atoms with Gasteiger partial charge in [0.1, 0.15) is 27.6 Å². The molecule has 8 nitrogen and oxygen atoms in total. The molecule has 5 rings (SSSR count). The van der Waals surface area contributed by atoms with E-state index in [0.717, 1.165) is 41.7 Å². The van der Waals surface area contributed by atoms with Crippen molar-refractivity contribution in [3.63, 3.8) is 0 Å². The average Bonchev–Trinajstić information content (AvgIpc) is 3.41. The standard InChI is InChI=1S/C33H31N3O5S2/c1-39-21-13-14-27(40-2)24(17-21)23-18-26(20-9-5-4-6-10-20)35-31(25(23)19-34)42-16-15-29(37)36-32-30(33(38)41-3)22-11-7-8-12-28(22)43-32/h4-6,9-10,13-14,17-18H,7-8,11-12,15-16H2,1-3H3,(H,36,37). The van der Waals surface area contributed by atoms with Crippen molar-refractivity contribution in [2.24, 2.45) is 0 Å². The van der Waals surface area contributed by atoms with Gasteiger partial charge in [0.15, 0.2) is 0 Å². The number of aromatic nitrogens is 1. The number of benzene rings is 2. The van der Waals surface area contributed by atoms with E-state index in [1.165, 1.54) is 30.2 Å². The number of nitrogens with zero attached hydrogens (tertiary/aromatic N) is 2. The van der Waals surface area contributed by atoms with Crippen molar-refractivity contribution in [2.75, 3.05) is 32.4 Å². The monoisotopic (exact) mass is 613 g/mol. The normalized spacial score (nSPS) is 12.1. The van der Waals surface area contributed by atoms with Crippen LogP contribution in [0.1, 0.15) is 45.6 Å². The smallest absolute Gasteiger partial charge is 0.341 e. The number of carbonyl (C=O) groups excluding carboxylic acids is 2. The van der Waals surface area contributed by atoms with Gasteiger partial charge < -0.3 is 19.5 Å². The molecule has 0 saturated carbocycles. The van der Waals surface area contributed by atoms with E-state index < -0.39 is 5.97 Å². The Balaban J connectivity index is 1.43. The Morgan fingerprint density at radius 2 is 1.81 bits per heavy atom. The lowest BCUT2D eigenvalue weighted by Crippen LogP contribution is -2.15. The Bertz CT molecular complexity index is 1700. The molecule has 0 bridgehead atoms. The molecule has 4 aromatic rings. The summed E-state index contributed by atoms with van der Waals surface area (Å²) in [4.78, 5) is 31.6. The Hall–Kier alpha value is -4.33. The SMILES string of the molecule is COC(=O)c1c(NC(=O)CCSc2nc(-c3ccccc3)cc(-c3cc(OC)ccc3OC)c2C#N)sc2c1CCCC2. The summed E-state index contributed by atoms with van der Waals surface area (Å²) in [5.74, 6) is 0.955. The van der Waals surface area contributed by atoms with Gasteiger partial charge in [0.25, 0.3) is 0 Å². The quantitative estimate of drug-likeness (QED) is 0.148. The van der Waals surface area contributed by atoms with Crippen LogP contribution < -0.4 is 14.8 Å². The van der Waals surface area contributed by atoms with Gasteiger partial charge in [-0.25, -0.2) is 9.78 Å². The summed E-state index contributed by atoms with van der Waals surface area (Å²) in [5.41, 5.74) is 4.80. The average molecular weight is 614 g/mol. The summed E-state index contributed by atoms with van der Waals surface area (Å²) in [7, 11) is 4.53. The third-order valence-corrected chi connectivity index (χ3v) is 9.43. The summed E-state index contributed by atoms with van der Waals surface area (Å²) in [6.45, 7) is 0. The van der Waals surface area contributed by atoms with Crippen LogP contribution in [0.15, 0.2) is 59.6 Å². The first kappa shape index (κ1) is 30.1. The fourth-order valence-corrected chi connectivity index (χ4v) is 7.37. The molecule has 0 fully saturated rings. The van der Waals surface area contributed by atoms with Crippen molar-refractivity contribution in [3.8, 4) is 40.0 Å². The number of hydrogen-bond donors (Lipinski definition) is 1. The van der Waals surface area contributed by atoms with Crippen molar-refractivity contribution in [1.82, 2.24) is 4.98 Å². The van der Waals surface area contributed by atoms with Crippen molar-refractivity contribution in [1.29, 1.82) is 5.26 Å². The topological polar surface area (TPSA) is 111 Å². The largest absolute Gasteiger partial charge is 0.497 e. The van der Waals surface area contributed by atoms with Crippen LogP contribution in [0.25, 0.3) is 22.4 Å². The fraction of sp³-hybridized carbons (Fsp3) is 0.273. The van der Waals surface area contributed by atoms with E-state index in [2.05, 4.69) is 11.4 Å². The van der Waals surface area contributed by atoms with Gasteiger partial charge in [-0.05, 0) is 55.5 Å². The van der Waals surface area contributed by atoms with E-state index in [1.54, 1.807) is 26.4 Å². The Kier molecular flexibility index (Phi) is 9.65. The molecule has 1 aliphatic rings. The van der Waals surface area contributed by atoms with E-state index in [0.29, 0.717) is 55.2 Å². The number of nitriles is 1. The van der Waals surface area contributed by atoms with Crippen LogP contribution in [-0.4, -0.2) is 43.9 Å². The maximum Gasteiger partial charge on any atom is 0.341 e. The number of rotatable bonds is 10. The van der Waals surface area contributed by atoms with Crippen LogP contribution >= 0.6 is 23.1 Å². The highest BCUT2D eigenvalue weighted by atomic mass is 32.2. The Morgan fingerprint density at radius 3 is 2.53 bits per heavy atom. The predicted octanol–water partition coefficient (Wildman–Crippen LogP) is 7.15. The predicted molar refractivity (Wildman–Crippen MR) is 169 cm³/mol. The molecule has 2 aromatic heterocycles. The zero-order chi connectivity index (χ0) is 30.3. The number of nitrogens with one attached hydrogen (secondary N) is 1. The lowest BCUT2D eigenvalue weighted by atomic mass is 9.95. The number of pyridine rings is 1. The first-order valence-electron chi connectivity index (χ1n) is 13.9. The molecule has 1 amide bonds. The lowest BCUT2D eigenvalue weighted by molar-refractivity contribution is -0.115. The van der Waals surface area contributed by atoms with Gasteiger partial charge in [-0.2, -0.15) is 5.26 Å². The highest BCUT2D eigenvalue weighted by Gasteiger charge is 2.27. The third-order valence-electron chi connectivity index (χ3n) is 7.25. The number of thioether (sulfide) groups is 1. The number of thiophene rings is 1. The van der Waals surface area contributed by atoms with E-state index in [1.807, 2.05) is 42.5 Å². The molecule has 2 aromatic carbocycles. The summed E-state index contributed by atoms with van der Waals surface area (Å²) in [5, 5.41) is 14.3. The van der Waals surface area contributed by atoms with Gasteiger partial charge in [-0.1, -0.05) is 30.3 Å². The lowest BCUT2D eigenvalue weighted by Gasteiger charge is -2.15. The van der Waals surface area contributed by atoms with E-state index >= 15 is 0 Å². The van der Waals surface area contributed by atoms with Gasteiger partial charge in [-0.15, -0.1) is 23.1 Å². The van der Waals surface area contributed by atoms with Gasteiger partial charge >= 0.3 is 5.97 Å². The van der Waals surface area contributed by atoms with Gasteiger partial charge in [0.2, 0.25) is 5.91 Å². The van der Waals surface area contributed by atoms with Crippen LogP contribution in [0.3, 0.4) is 0 Å². The highest BCUT2D eigenvalue weighted by Crippen LogP contribution is 2.41. The first-order chi connectivity index (χ1) is 21.0. The first-order valence-corrected chi connectivity index (χ1v) is 15.7. The second kappa shape index (κ2) is 13.8. The molecular formula is C33H31N3O5S2. The number of esters is 1. The number of hydrogen-bond acceptors (Lipinski definition) is 9. The molecule has 0 spiro atoms. The molecule has 220 valence electrons. The van der Waals surface area contributed by atoms with Crippen LogP contribution in [-0.2, 0) is 22.4 Å². The summed E-state index contributed by atoms with van der Waals surface area (Å²) >= 11 is 2.80. The minimum atomic E-state index is -0.426. The van der Waals surface area contributed by atoms with Crippen molar-refractivity contribution >= 4 is 40.0 Å². The molecule has 0 unspecified atom stereocenters. The number of fused-ring (bicyclic) bond motifs is 1. The molecule has 2 heterocycles. The number of amides is 1. The maximum absolute atomic E-state index is 13.1. The number of aryl methyl sites for hydroxylation is 1. The minimum absolute atomic E-state index is 0.160. The maximum atomic E-state index is 13.1. The van der Waals surface area contributed by atoms with Crippen molar-refractivity contribution < 1.29 is 23.8 Å². The molecule has 0 aliphatic heterocycles. The summed E-state index contributed by atoms with van der Waals surface area (Å²) in [6.07, 6.45) is 3.95. The minimum Gasteiger partial charge on any atom is -0.497 e. The molecule has 1 aliphatic carbocycles. The van der Waals surface area contributed by atoms with Crippen molar-refractivity contribution in [2.45, 2.75) is 37.1 Å². The molecule has 0 radical (unpaired) electrons. The highest BCUT2D eigenvalue weighted by molar-refractivity contribution is 7.99. The molecular weight excluding hydrogens is 583 g/mol. The van der Waals surface area contributed by atoms with Gasteiger partial charge in [0, 0.05) is 33.7 Å². The van der Waals surface area contributed by atoms with Gasteiger partial charge in [-0.3, -0.25) is 4.79 Å². The van der Waals surface area contributed by atoms with E-state index in [9.17, 15) is 14.9 Å². The van der Waals surface area contributed by atoms with Crippen molar-refractivity contribution in [3.05, 3.63) is 76.2 Å². The van der Waals surface area contributed by atoms with E-state index in [4.69, 9.17) is 19.2 Å². The fourth-order valence-electron chi connectivity index (χ4n) is 5.13. The molecule has 1 N–H and O–H groups in total. The summed E-state index contributed by atoms with van der Waals surface area (Å²) < 4.78 is 16.1. The van der Waals surface area contributed by atoms with E-state index in [-0.39, 0.29) is 12.3 Å². The number of carbonyl (C=O) groups is 2. The second-order valence-corrected chi connectivity index (χ2v) is 12.0. The third kappa shape index (κ3) is 6.53. The van der Waals surface area contributed by atoms with Crippen LogP contribution in [0.4, 0.5) is 5.00 Å². The van der Waals surface area contributed by atoms with Gasteiger partial charge in [0.05, 0.1) is 38.2 Å². The zero-order valence-corrected chi connectivity index (χ0v) is 25.8. The number of ether oxygens (including phenoxy) is 3. The molecule has 0 saturated heterocycles. The zero-order valence-electron chi connectivity index (χ0n) is 24.2. The van der Waals surface area contributed by atoms with Crippen LogP contribution in [0.2, 0.25) is 0 Å². The number of methoxy groups -OCH3 is 3. The Labute approximate surface area is 259 Å². The van der Waals surface area contributed by atoms with Crippen LogP contribution in [0.5, 0.6) is 11.5 Å². The molecule has 43 heavy (non-hydrogen) atoms. The summed E-state index contributed by atoms with van der Waals surface area (Å²) in [6, 6.07) is 19.4. The second-order valence-electron chi connectivity index (χ2n) is 9.83. The van der Waals surface area contributed by atoms with Crippen LogP contribution in [0, 0.1) is 11.3 Å². The molecule has 0 atom stereocenters.